The van der Waals surface area contributed by atoms with Crippen molar-refractivity contribution in [2.75, 3.05) is 0 Å². The summed E-state index contributed by atoms with van der Waals surface area (Å²) in [5.74, 6) is 0. The lowest BCUT2D eigenvalue weighted by Crippen LogP contribution is -2.26. The number of nitrogens with zero attached hydrogens (tertiary/aromatic N) is 2. The maximum atomic E-state index is 13.5. The number of nitrogens with one attached hydrogen (secondary N) is 1. The van der Waals surface area contributed by atoms with Crippen LogP contribution in [0.1, 0.15) is 17.5 Å². The van der Waals surface area contributed by atoms with Crippen LogP contribution in [0.15, 0.2) is 64.6 Å². The number of hydrogen-bond donors (Lipinski definition) is 1. The van der Waals surface area contributed by atoms with Crippen LogP contribution in [0.25, 0.3) is 10.4 Å². The Morgan fingerprint density at radius 3 is 2.42 bits per heavy atom. The first-order valence-electron chi connectivity index (χ1n) is 8.90. The molecule has 0 spiro atoms. The predicted octanol–water partition coefficient (Wildman–Crippen LogP) is 6.16. The maximum Gasteiger partial charge on any atom is 0.429 e. The number of aliphatic imine (C=N–C) groups is 1. The molecule has 2 aromatic carbocycles. The molecular formula is C20H12F6N3O2S2-. The lowest BCUT2D eigenvalue weighted by Gasteiger charge is -2.15. The fraction of sp³-hybridized carbons (Fsp3) is 0.150. The van der Waals surface area contributed by atoms with Crippen LogP contribution in [0.4, 0.5) is 31.5 Å². The van der Waals surface area contributed by atoms with Gasteiger partial charge >= 0.3 is 12.4 Å². The molecule has 0 saturated carbocycles. The molecule has 1 aromatic heterocycles. The van der Waals surface area contributed by atoms with Crippen molar-refractivity contribution in [2.24, 2.45) is 4.99 Å². The third kappa shape index (κ3) is 6.12. The molecule has 5 nitrogen and oxygen atoms in total. The fourth-order valence-electron chi connectivity index (χ4n) is 2.76. The fourth-order valence-corrected chi connectivity index (χ4v) is 3.98. The molecular weight excluding hydrogens is 492 g/mol. The number of thiazole rings is 1. The first kappa shape index (κ1) is 24.7. The molecule has 13 heteroatoms. The highest BCUT2D eigenvalue weighted by Crippen LogP contribution is 2.36. The average Bonchev–Trinajstić information content (AvgIpc) is 3.20. The molecule has 1 heterocycles. The molecule has 1 unspecified atom stereocenters. The lowest BCUT2D eigenvalue weighted by molar-refractivity contribution is -0.137. The number of benzene rings is 2. The van der Waals surface area contributed by atoms with Gasteiger partial charge in [-0.1, -0.05) is 41.7 Å². The number of halogens is 6. The van der Waals surface area contributed by atoms with Gasteiger partial charge in [0.05, 0.1) is 16.2 Å². The molecule has 0 fully saturated rings. The van der Waals surface area contributed by atoms with Crippen LogP contribution in [-0.4, -0.2) is 31.3 Å². The van der Waals surface area contributed by atoms with Crippen LogP contribution in [0, 0.1) is 5.41 Å². The van der Waals surface area contributed by atoms with Crippen LogP contribution in [0.5, 0.6) is 0 Å². The smallest absolute Gasteiger partial charge is 0.429 e. The highest BCUT2D eigenvalue weighted by molar-refractivity contribution is 7.79. The Bertz CT molecular complexity index is 1230. The Kier molecular flexibility index (Phi) is 7.14. The molecule has 0 aliphatic carbocycles. The van der Waals surface area contributed by atoms with E-state index in [1.807, 2.05) is 0 Å². The SMILES string of the molecule is N=C(CC(=Nc1ncc(-c2cccc(S(=O)[O-])c2)s1)c1ccccc1C(F)(F)F)C(F)(F)F. The van der Waals surface area contributed by atoms with E-state index >= 15 is 0 Å². The van der Waals surface area contributed by atoms with Crippen molar-refractivity contribution in [3.05, 3.63) is 65.9 Å². The summed E-state index contributed by atoms with van der Waals surface area (Å²) in [6.45, 7) is 0. The minimum absolute atomic E-state index is 0.00984. The van der Waals surface area contributed by atoms with Crippen molar-refractivity contribution in [2.45, 2.75) is 23.7 Å². The summed E-state index contributed by atoms with van der Waals surface area (Å²) in [5, 5.41) is 7.10. The summed E-state index contributed by atoms with van der Waals surface area (Å²) in [6, 6.07) is 9.73. The Balaban J connectivity index is 2.08. The Morgan fingerprint density at radius 1 is 1.09 bits per heavy atom. The van der Waals surface area contributed by atoms with E-state index in [9.17, 15) is 35.1 Å². The average molecular weight is 504 g/mol. The van der Waals surface area contributed by atoms with Crippen molar-refractivity contribution < 1.29 is 35.1 Å². The zero-order chi connectivity index (χ0) is 24.4. The number of alkyl halides is 6. The van der Waals surface area contributed by atoms with Gasteiger partial charge in [0.15, 0.2) is 0 Å². The summed E-state index contributed by atoms with van der Waals surface area (Å²) in [7, 11) is 0. The summed E-state index contributed by atoms with van der Waals surface area (Å²) in [4.78, 5) is 8.25. The summed E-state index contributed by atoms with van der Waals surface area (Å²) < 4.78 is 102. The zero-order valence-corrected chi connectivity index (χ0v) is 17.8. The van der Waals surface area contributed by atoms with Crippen molar-refractivity contribution in [3.8, 4) is 10.4 Å². The molecule has 0 saturated heterocycles. The molecule has 3 aromatic rings. The van der Waals surface area contributed by atoms with Gasteiger partial charge in [-0.15, -0.1) is 0 Å². The third-order valence-corrected chi connectivity index (χ3v) is 5.84. The standard InChI is InChI=1S/C20H13F6N3O2S2/c21-19(22,23)14-7-2-1-6-13(14)15(9-17(27)20(24,25)26)29-18-28-10-16(32-18)11-4-3-5-12(8-11)33(30)31/h1-8,10,27H,9H2,(H,30,31)/p-1. The molecule has 1 N–H and O–H groups in total. The normalized spacial score (nSPS) is 13.7. The van der Waals surface area contributed by atoms with E-state index in [0.717, 1.165) is 23.5 Å². The van der Waals surface area contributed by atoms with Crippen LogP contribution in [0.3, 0.4) is 0 Å². The van der Waals surface area contributed by atoms with Crippen molar-refractivity contribution >= 4 is 39.0 Å². The minimum atomic E-state index is -5.05. The van der Waals surface area contributed by atoms with Crippen LogP contribution >= 0.6 is 11.3 Å². The van der Waals surface area contributed by atoms with Gasteiger partial charge in [0.1, 0.15) is 5.71 Å². The van der Waals surface area contributed by atoms with Crippen LogP contribution in [0.2, 0.25) is 0 Å². The van der Waals surface area contributed by atoms with Crippen molar-refractivity contribution in [1.82, 2.24) is 4.98 Å². The Hall–Kier alpha value is -2.90. The predicted molar refractivity (Wildman–Crippen MR) is 111 cm³/mol. The summed E-state index contributed by atoms with van der Waals surface area (Å²) in [5.41, 5.74) is -3.75. The molecule has 174 valence electrons. The van der Waals surface area contributed by atoms with Gasteiger partial charge in [0.2, 0.25) is 5.13 Å². The second kappa shape index (κ2) is 9.53. The molecule has 3 rings (SSSR count). The van der Waals surface area contributed by atoms with E-state index in [2.05, 4.69) is 9.98 Å². The molecule has 33 heavy (non-hydrogen) atoms. The van der Waals surface area contributed by atoms with Gasteiger partial charge in [-0.05, 0) is 34.8 Å². The maximum absolute atomic E-state index is 13.5. The Labute approximate surface area is 189 Å². The van der Waals surface area contributed by atoms with E-state index < -0.39 is 52.4 Å². The Morgan fingerprint density at radius 2 is 1.79 bits per heavy atom. The highest BCUT2D eigenvalue weighted by Gasteiger charge is 2.38. The largest absolute Gasteiger partial charge is 0.768 e. The van der Waals surface area contributed by atoms with Crippen molar-refractivity contribution in [3.63, 3.8) is 0 Å². The van der Waals surface area contributed by atoms with E-state index in [4.69, 9.17) is 5.41 Å². The molecule has 1 atom stereocenters. The van der Waals surface area contributed by atoms with Gasteiger partial charge in [0, 0.05) is 23.1 Å². The lowest BCUT2D eigenvalue weighted by atomic mass is 9.98. The van der Waals surface area contributed by atoms with Gasteiger partial charge in [0.25, 0.3) is 0 Å². The first-order valence-corrected chi connectivity index (χ1v) is 10.8. The second-order valence-electron chi connectivity index (χ2n) is 6.52. The van der Waals surface area contributed by atoms with Gasteiger partial charge in [-0.3, -0.25) is 4.21 Å². The molecule has 0 bridgehead atoms. The highest BCUT2D eigenvalue weighted by atomic mass is 32.2. The summed E-state index contributed by atoms with van der Waals surface area (Å²) in [6.07, 6.45) is -9.83. The quantitative estimate of drug-likeness (QED) is 0.248. The van der Waals surface area contributed by atoms with Gasteiger partial charge < -0.3 is 9.96 Å². The zero-order valence-electron chi connectivity index (χ0n) is 16.2. The monoisotopic (exact) mass is 504 g/mol. The van der Waals surface area contributed by atoms with Crippen LogP contribution < -0.4 is 0 Å². The minimum Gasteiger partial charge on any atom is -0.768 e. The summed E-state index contributed by atoms with van der Waals surface area (Å²) >= 11 is -1.65. The number of rotatable bonds is 6. The molecule has 0 amide bonds. The molecule has 0 aliphatic heterocycles. The topological polar surface area (TPSA) is 89.2 Å². The van der Waals surface area contributed by atoms with Gasteiger partial charge in [-0.2, -0.15) is 26.3 Å². The third-order valence-electron chi connectivity index (χ3n) is 4.26. The van der Waals surface area contributed by atoms with Crippen LogP contribution in [-0.2, 0) is 17.3 Å². The van der Waals surface area contributed by atoms with Crippen molar-refractivity contribution in [1.29, 1.82) is 5.41 Å². The number of aromatic nitrogens is 1. The molecule has 0 aliphatic rings. The molecule has 0 radical (unpaired) electrons. The first-order chi connectivity index (χ1) is 15.4. The van der Waals surface area contributed by atoms with E-state index in [0.29, 0.717) is 16.5 Å². The number of hydrogen-bond acceptors (Lipinski definition) is 6. The van der Waals surface area contributed by atoms with Gasteiger partial charge in [-0.25, -0.2) is 9.98 Å². The van der Waals surface area contributed by atoms with E-state index in [-0.39, 0.29) is 10.0 Å². The van der Waals surface area contributed by atoms with E-state index in [1.54, 1.807) is 6.07 Å². The van der Waals surface area contributed by atoms with E-state index in [1.165, 1.54) is 30.5 Å². The second-order valence-corrected chi connectivity index (χ2v) is 8.47.